The lowest BCUT2D eigenvalue weighted by molar-refractivity contribution is 0.0989. The van der Waals surface area contributed by atoms with Crippen molar-refractivity contribution in [2.75, 3.05) is 11.4 Å². The Balaban J connectivity index is 2.00. The molecule has 0 bridgehead atoms. The fourth-order valence-corrected chi connectivity index (χ4v) is 4.24. The van der Waals surface area contributed by atoms with Gasteiger partial charge < -0.3 is 4.90 Å². The number of thioether (sulfide) groups is 1. The van der Waals surface area contributed by atoms with E-state index in [0.29, 0.717) is 10.1 Å². The van der Waals surface area contributed by atoms with Gasteiger partial charge in [0.2, 0.25) is 0 Å². The second-order valence-electron chi connectivity index (χ2n) is 5.04. The molecule has 4 nitrogen and oxygen atoms in total. The quantitative estimate of drug-likeness (QED) is 0.848. The summed E-state index contributed by atoms with van der Waals surface area (Å²) in [4.78, 5) is 16.6. The first-order valence-electron chi connectivity index (χ1n) is 7.09. The van der Waals surface area contributed by atoms with Gasteiger partial charge in [-0.1, -0.05) is 30.5 Å². The zero-order valence-electron chi connectivity index (χ0n) is 12.1. The Hall–Kier alpha value is -1.40. The number of carbonyl (C=O) groups excluding carboxylic acids is 1. The average molecular weight is 319 g/mol. The van der Waals surface area contributed by atoms with Crippen LogP contribution in [0.3, 0.4) is 0 Å². The average Bonchev–Trinajstić information content (AvgIpc) is 2.90. The molecule has 2 heterocycles. The van der Waals surface area contributed by atoms with Gasteiger partial charge in [0.1, 0.15) is 4.88 Å². The highest BCUT2D eigenvalue weighted by atomic mass is 32.2. The van der Waals surface area contributed by atoms with Crippen molar-refractivity contribution in [3.05, 3.63) is 34.8 Å². The minimum Gasteiger partial charge on any atom is -0.306 e. The molecule has 2 aromatic rings. The van der Waals surface area contributed by atoms with Crippen molar-refractivity contribution in [2.24, 2.45) is 0 Å². The zero-order valence-corrected chi connectivity index (χ0v) is 13.7. The third-order valence-corrected chi connectivity index (χ3v) is 5.57. The van der Waals surface area contributed by atoms with Gasteiger partial charge in [-0.25, -0.2) is 0 Å². The molecule has 1 aromatic carbocycles. The highest BCUT2D eigenvalue weighted by Gasteiger charge is 2.27. The van der Waals surface area contributed by atoms with Gasteiger partial charge in [0.15, 0.2) is 0 Å². The monoisotopic (exact) mass is 319 g/mol. The normalized spacial score (nSPS) is 18.2. The van der Waals surface area contributed by atoms with E-state index in [-0.39, 0.29) is 5.91 Å². The molecule has 0 radical (unpaired) electrons. The number of fused-ring (bicyclic) bond motifs is 1. The lowest BCUT2D eigenvalue weighted by atomic mass is 10.2. The number of hydrogen-bond donors (Lipinski definition) is 0. The molecular weight excluding hydrogens is 302 g/mol. The number of benzene rings is 1. The van der Waals surface area contributed by atoms with Crippen LogP contribution < -0.4 is 4.90 Å². The number of para-hydroxylation sites is 1. The van der Waals surface area contributed by atoms with E-state index in [1.54, 1.807) is 0 Å². The van der Waals surface area contributed by atoms with Crippen LogP contribution in [0.2, 0.25) is 0 Å². The number of amides is 1. The molecule has 110 valence electrons. The fourth-order valence-electron chi connectivity index (χ4n) is 2.42. The molecule has 0 aliphatic carbocycles. The third-order valence-electron chi connectivity index (χ3n) is 3.57. The molecule has 0 saturated carbocycles. The van der Waals surface area contributed by atoms with Crippen molar-refractivity contribution in [2.45, 2.75) is 36.8 Å². The molecule has 0 fully saturated rings. The Bertz CT molecular complexity index is 656. The molecule has 0 N–H and O–H groups in total. The summed E-state index contributed by atoms with van der Waals surface area (Å²) in [5.74, 6) is 0.0315. The number of aryl methyl sites for hydroxylation is 1. The molecule has 0 spiro atoms. The molecule has 3 rings (SSSR count). The second-order valence-corrected chi connectivity index (χ2v) is 7.28. The number of hydrogen-bond acceptors (Lipinski definition) is 5. The van der Waals surface area contributed by atoms with E-state index < -0.39 is 0 Å². The largest absolute Gasteiger partial charge is 0.306 e. The van der Waals surface area contributed by atoms with Crippen molar-refractivity contribution in [1.82, 2.24) is 9.59 Å². The summed E-state index contributed by atoms with van der Waals surface area (Å²) in [6.45, 7) is 4.95. The summed E-state index contributed by atoms with van der Waals surface area (Å²) in [5, 5.41) is 4.57. The summed E-state index contributed by atoms with van der Waals surface area (Å²) in [6.07, 6.45) is 1.72. The predicted molar refractivity (Wildman–Crippen MR) is 87.3 cm³/mol. The van der Waals surface area contributed by atoms with Crippen LogP contribution in [-0.2, 0) is 6.42 Å². The lowest BCUT2D eigenvalue weighted by Gasteiger charge is -2.21. The maximum absolute atomic E-state index is 12.9. The van der Waals surface area contributed by atoms with Gasteiger partial charge in [0.05, 0.1) is 11.4 Å². The van der Waals surface area contributed by atoms with E-state index >= 15 is 0 Å². The fraction of sp³-hybridized carbons (Fsp3) is 0.400. The molecule has 6 heteroatoms. The molecule has 1 aliphatic heterocycles. The molecular formula is C15H17N3OS2. The van der Waals surface area contributed by atoms with E-state index in [4.69, 9.17) is 0 Å². The molecule has 1 amide bonds. The van der Waals surface area contributed by atoms with Crippen LogP contribution in [0.25, 0.3) is 0 Å². The minimum atomic E-state index is 0.0315. The van der Waals surface area contributed by atoms with Gasteiger partial charge >= 0.3 is 0 Å². The standard InChI is InChI=1S/C15H17N3OS2/c1-3-11-14(21-17-16-11)15(19)18-9-8-10(2)20-13-7-5-4-6-12(13)18/h4-7,10H,3,8-9H2,1-2H3. The van der Waals surface area contributed by atoms with Crippen LogP contribution in [0.5, 0.6) is 0 Å². The molecule has 0 saturated heterocycles. The zero-order chi connectivity index (χ0) is 14.8. The topological polar surface area (TPSA) is 46.1 Å². The Labute approximate surface area is 132 Å². The Morgan fingerprint density at radius 3 is 3.05 bits per heavy atom. The van der Waals surface area contributed by atoms with Crippen LogP contribution in [0, 0.1) is 0 Å². The van der Waals surface area contributed by atoms with Crippen molar-refractivity contribution in [3.8, 4) is 0 Å². The van der Waals surface area contributed by atoms with Crippen LogP contribution in [0.4, 0.5) is 5.69 Å². The van der Waals surface area contributed by atoms with Gasteiger partial charge in [-0.15, -0.1) is 16.9 Å². The Kier molecular flexibility index (Phi) is 4.26. The maximum atomic E-state index is 12.9. The van der Waals surface area contributed by atoms with Crippen molar-refractivity contribution >= 4 is 34.9 Å². The lowest BCUT2D eigenvalue weighted by Crippen LogP contribution is -2.32. The first kappa shape index (κ1) is 14.5. The van der Waals surface area contributed by atoms with Crippen LogP contribution in [0.15, 0.2) is 29.2 Å². The van der Waals surface area contributed by atoms with Crippen LogP contribution in [-0.4, -0.2) is 27.3 Å². The Morgan fingerprint density at radius 1 is 1.43 bits per heavy atom. The first-order chi connectivity index (χ1) is 10.2. The van der Waals surface area contributed by atoms with E-state index in [0.717, 1.165) is 30.8 Å². The van der Waals surface area contributed by atoms with Crippen molar-refractivity contribution in [1.29, 1.82) is 0 Å². The maximum Gasteiger partial charge on any atom is 0.271 e. The smallest absolute Gasteiger partial charge is 0.271 e. The van der Waals surface area contributed by atoms with Crippen LogP contribution in [0.1, 0.15) is 35.6 Å². The highest BCUT2D eigenvalue weighted by Crippen LogP contribution is 2.38. The molecule has 1 aromatic heterocycles. The number of carbonyl (C=O) groups is 1. The number of anilines is 1. The third kappa shape index (κ3) is 2.82. The van der Waals surface area contributed by atoms with E-state index in [9.17, 15) is 4.79 Å². The summed E-state index contributed by atoms with van der Waals surface area (Å²) in [5.41, 5.74) is 1.81. The second kappa shape index (κ2) is 6.15. The van der Waals surface area contributed by atoms with Crippen molar-refractivity contribution in [3.63, 3.8) is 0 Å². The predicted octanol–water partition coefficient (Wildman–Crippen LogP) is 3.63. The van der Waals surface area contributed by atoms with Gasteiger partial charge in [-0.05, 0) is 36.5 Å². The molecule has 1 aliphatic rings. The number of rotatable bonds is 2. The van der Waals surface area contributed by atoms with Gasteiger partial charge in [0, 0.05) is 16.7 Å². The Morgan fingerprint density at radius 2 is 2.24 bits per heavy atom. The van der Waals surface area contributed by atoms with Gasteiger partial charge in [-0.2, -0.15) is 0 Å². The molecule has 1 atom stereocenters. The van der Waals surface area contributed by atoms with Gasteiger partial charge in [0.25, 0.3) is 5.91 Å². The summed E-state index contributed by atoms with van der Waals surface area (Å²) >= 11 is 3.04. The summed E-state index contributed by atoms with van der Waals surface area (Å²) < 4.78 is 3.94. The molecule has 21 heavy (non-hydrogen) atoms. The number of nitrogens with zero attached hydrogens (tertiary/aromatic N) is 3. The van der Waals surface area contributed by atoms with E-state index in [1.807, 2.05) is 41.8 Å². The summed E-state index contributed by atoms with van der Waals surface area (Å²) in [7, 11) is 0. The number of aromatic nitrogens is 2. The highest BCUT2D eigenvalue weighted by molar-refractivity contribution is 8.00. The first-order valence-corrected chi connectivity index (χ1v) is 8.74. The summed E-state index contributed by atoms with van der Waals surface area (Å²) in [6, 6.07) is 8.13. The SMILES string of the molecule is CCc1nnsc1C(=O)N1CCC(C)Sc2ccccc21. The van der Waals surface area contributed by atoms with E-state index in [1.165, 1.54) is 16.4 Å². The van der Waals surface area contributed by atoms with E-state index in [2.05, 4.69) is 22.6 Å². The minimum absolute atomic E-state index is 0.0315. The van der Waals surface area contributed by atoms with Gasteiger partial charge in [-0.3, -0.25) is 4.79 Å². The van der Waals surface area contributed by atoms with Crippen LogP contribution >= 0.6 is 23.3 Å². The van der Waals surface area contributed by atoms with Crippen molar-refractivity contribution < 1.29 is 4.79 Å². The molecule has 1 unspecified atom stereocenters.